The second kappa shape index (κ2) is 14.8. The van der Waals surface area contributed by atoms with E-state index in [1.54, 1.807) is 19.2 Å². The van der Waals surface area contributed by atoms with Crippen LogP contribution in [0.2, 0.25) is 0 Å². The van der Waals surface area contributed by atoms with E-state index in [2.05, 4.69) is 24.9 Å². The molecule has 0 bridgehead atoms. The summed E-state index contributed by atoms with van der Waals surface area (Å²) in [5.74, 6) is -1.65. The number of carbonyl (C=O) groups is 1. The van der Waals surface area contributed by atoms with Crippen molar-refractivity contribution in [1.82, 2.24) is 19.4 Å². The largest absolute Gasteiger partial charge is 0.573 e. The minimum atomic E-state index is -4.97. The Morgan fingerprint density at radius 2 is 1.78 bits per heavy atom. The highest BCUT2D eigenvalue weighted by molar-refractivity contribution is 6.07. The average molecular weight is 712 g/mol. The number of rotatable bonds is 11. The van der Waals surface area contributed by atoms with Crippen LogP contribution in [-0.2, 0) is 11.8 Å². The zero-order valence-corrected chi connectivity index (χ0v) is 27.8. The Bertz CT molecular complexity index is 2150. The second-order valence-electron chi connectivity index (χ2n) is 11.6. The van der Waals surface area contributed by atoms with E-state index in [9.17, 15) is 22.8 Å². The lowest BCUT2D eigenvalue weighted by atomic mass is 10.1. The van der Waals surface area contributed by atoms with Crippen molar-refractivity contribution in [2.45, 2.75) is 19.7 Å². The molecule has 3 heterocycles. The van der Waals surface area contributed by atoms with Crippen molar-refractivity contribution < 1.29 is 46.0 Å². The third-order valence-electron chi connectivity index (χ3n) is 8.39. The quantitative estimate of drug-likeness (QED) is 0.129. The SMILES string of the molecule is COc1cc2c(Oc3ccc(NC(=O)c4c(C)n(C)c5ccc(OC(F)(F)F)cc5c4=O)cc3F)ncnc2cc1OCCCN1CCOCC1. The first kappa shape index (κ1) is 35.3. The van der Waals surface area contributed by atoms with Gasteiger partial charge in [-0.3, -0.25) is 14.5 Å². The van der Waals surface area contributed by atoms with Gasteiger partial charge in [0.15, 0.2) is 23.1 Å². The first-order valence-electron chi connectivity index (χ1n) is 15.9. The molecule has 51 heavy (non-hydrogen) atoms. The predicted octanol–water partition coefficient (Wildman–Crippen LogP) is 5.98. The van der Waals surface area contributed by atoms with Gasteiger partial charge in [-0.25, -0.2) is 14.4 Å². The molecule has 0 atom stereocenters. The summed E-state index contributed by atoms with van der Waals surface area (Å²) in [6, 6.07) is 10.2. The van der Waals surface area contributed by atoms with Crippen LogP contribution in [0.15, 0.2) is 59.7 Å². The number of hydrogen-bond acceptors (Lipinski definition) is 10. The van der Waals surface area contributed by atoms with Crippen molar-refractivity contribution in [3.05, 3.63) is 82.2 Å². The van der Waals surface area contributed by atoms with Gasteiger partial charge in [0.25, 0.3) is 5.91 Å². The van der Waals surface area contributed by atoms with Gasteiger partial charge in [0, 0.05) is 50.2 Å². The zero-order chi connectivity index (χ0) is 36.3. The highest BCUT2D eigenvalue weighted by Crippen LogP contribution is 2.37. The van der Waals surface area contributed by atoms with Gasteiger partial charge in [-0.15, -0.1) is 13.2 Å². The summed E-state index contributed by atoms with van der Waals surface area (Å²) in [5.41, 5.74) is -0.171. The third kappa shape index (κ3) is 7.97. The standard InChI is InChI=1S/C35H33F4N5O7/c1-20-31(32(45)24-16-22(51-35(37,38)39)6-7-27(24)43(20)2)33(46)42-21-5-8-28(25(36)15-21)50-34-23-17-29(47-3)30(18-26(23)40-19-41-34)49-12-4-9-44-10-13-48-14-11-44/h5-8,15-19H,4,9-14H2,1-3H3,(H,42,46). The fourth-order valence-electron chi connectivity index (χ4n) is 5.75. The molecule has 12 nitrogen and oxygen atoms in total. The van der Waals surface area contributed by atoms with Crippen LogP contribution in [0.1, 0.15) is 22.5 Å². The Labute approximate surface area is 288 Å². The Kier molecular flexibility index (Phi) is 10.2. The number of alkyl halides is 3. The smallest absolute Gasteiger partial charge is 0.493 e. The molecule has 6 rings (SSSR count). The van der Waals surface area contributed by atoms with Crippen LogP contribution in [0, 0.1) is 12.7 Å². The normalized spacial score (nSPS) is 13.7. The first-order valence-corrected chi connectivity index (χ1v) is 15.9. The van der Waals surface area contributed by atoms with Crippen molar-refractivity contribution in [1.29, 1.82) is 0 Å². The number of ether oxygens (including phenoxy) is 5. The molecular weight excluding hydrogens is 678 g/mol. The van der Waals surface area contributed by atoms with Crippen LogP contribution in [0.4, 0.5) is 23.2 Å². The monoisotopic (exact) mass is 711 g/mol. The Hall–Kier alpha value is -5.48. The first-order chi connectivity index (χ1) is 24.4. The molecule has 16 heteroatoms. The van der Waals surface area contributed by atoms with Crippen LogP contribution >= 0.6 is 0 Å². The van der Waals surface area contributed by atoms with E-state index in [-0.39, 0.29) is 39.5 Å². The number of methoxy groups -OCH3 is 1. The van der Waals surface area contributed by atoms with Gasteiger partial charge in [-0.05, 0) is 49.7 Å². The number of benzene rings is 3. The van der Waals surface area contributed by atoms with Crippen molar-refractivity contribution in [3.63, 3.8) is 0 Å². The lowest BCUT2D eigenvalue weighted by molar-refractivity contribution is -0.274. The van der Waals surface area contributed by atoms with E-state index >= 15 is 4.39 Å². The lowest BCUT2D eigenvalue weighted by Crippen LogP contribution is -2.37. The number of hydrogen-bond donors (Lipinski definition) is 1. The van der Waals surface area contributed by atoms with E-state index in [4.69, 9.17) is 18.9 Å². The number of aromatic nitrogens is 3. The average Bonchev–Trinajstić information content (AvgIpc) is 3.10. The molecule has 1 aliphatic rings. The molecule has 5 aromatic rings. The molecular formula is C35H33F4N5O7. The molecule has 1 aliphatic heterocycles. The lowest BCUT2D eigenvalue weighted by Gasteiger charge is -2.26. The maximum atomic E-state index is 15.4. The summed E-state index contributed by atoms with van der Waals surface area (Å²) in [7, 11) is 3.05. The summed E-state index contributed by atoms with van der Waals surface area (Å²) in [6.07, 6.45) is -2.91. The Morgan fingerprint density at radius 1 is 1.00 bits per heavy atom. The summed E-state index contributed by atoms with van der Waals surface area (Å²) >= 11 is 0. The van der Waals surface area contributed by atoms with E-state index in [0.717, 1.165) is 57.5 Å². The molecule has 0 aliphatic carbocycles. The molecule has 0 saturated carbocycles. The topological polar surface area (TPSA) is 126 Å². The molecule has 0 radical (unpaired) electrons. The molecule has 1 N–H and O–H groups in total. The number of fused-ring (bicyclic) bond motifs is 2. The van der Waals surface area contributed by atoms with Crippen LogP contribution in [0.25, 0.3) is 21.8 Å². The zero-order valence-electron chi connectivity index (χ0n) is 27.8. The number of aryl methyl sites for hydroxylation is 1. The molecule has 3 aromatic carbocycles. The van der Waals surface area contributed by atoms with Crippen molar-refractivity contribution in [3.8, 4) is 28.9 Å². The summed E-state index contributed by atoms with van der Waals surface area (Å²) in [4.78, 5) is 37.4. The van der Waals surface area contributed by atoms with Crippen LogP contribution in [0.3, 0.4) is 0 Å². The summed E-state index contributed by atoms with van der Waals surface area (Å²) < 4.78 is 81.9. The minimum Gasteiger partial charge on any atom is -0.493 e. The molecule has 0 spiro atoms. The van der Waals surface area contributed by atoms with Gasteiger partial charge in [0.1, 0.15) is 17.6 Å². The Balaban J connectivity index is 1.18. The minimum absolute atomic E-state index is 0.00909. The van der Waals surface area contributed by atoms with Gasteiger partial charge in [-0.2, -0.15) is 0 Å². The highest BCUT2D eigenvalue weighted by Gasteiger charge is 2.31. The van der Waals surface area contributed by atoms with Gasteiger partial charge in [-0.1, -0.05) is 0 Å². The van der Waals surface area contributed by atoms with E-state index in [1.807, 2.05) is 0 Å². The molecule has 2 aromatic heterocycles. The fraction of sp³-hybridized carbons (Fsp3) is 0.314. The predicted molar refractivity (Wildman–Crippen MR) is 178 cm³/mol. The van der Waals surface area contributed by atoms with Gasteiger partial charge in [0.2, 0.25) is 11.3 Å². The molecule has 0 unspecified atom stereocenters. The summed E-state index contributed by atoms with van der Waals surface area (Å²) in [5, 5.41) is 2.75. The maximum absolute atomic E-state index is 15.4. The molecule has 1 amide bonds. The van der Waals surface area contributed by atoms with Crippen molar-refractivity contribution >= 4 is 33.4 Å². The van der Waals surface area contributed by atoms with Crippen LogP contribution < -0.4 is 29.7 Å². The fourth-order valence-corrected chi connectivity index (χ4v) is 5.75. The van der Waals surface area contributed by atoms with Crippen molar-refractivity contribution in [2.24, 2.45) is 7.05 Å². The van der Waals surface area contributed by atoms with Gasteiger partial charge < -0.3 is 33.6 Å². The molecule has 268 valence electrons. The summed E-state index contributed by atoms with van der Waals surface area (Å²) in [6.45, 7) is 6.06. The maximum Gasteiger partial charge on any atom is 0.573 e. The highest BCUT2D eigenvalue weighted by atomic mass is 19.4. The molecule has 1 saturated heterocycles. The van der Waals surface area contributed by atoms with Crippen LogP contribution in [0.5, 0.6) is 28.9 Å². The molecule has 1 fully saturated rings. The van der Waals surface area contributed by atoms with Crippen LogP contribution in [-0.4, -0.2) is 78.3 Å². The van der Waals surface area contributed by atoms with E-state index in [0.29, 0.717) is 29.0 Å². The van der Waals surface area contributed by atoms with Gasteiger partial charge >= 0.3 is 6.36 Å². The number of anilines is 1. The van der Waals surface area contributed by atoms with E-state index in [1.165, 1.54) is 43.1 Å². The number of nitrogens with one attached hydrogen (secondary N) is 1. The van der Waals surface area contributed by atoms with Gasteiger partial charge in [0.05, 0.1) is 48.7 Å². The number of morpholine rings is 1. The number of amides is 1. The second-order valence-corrected chi connectivity index (χ2v) is 11.6. The Morgan fingerprint density at radius 3 is 2.51 bits per heavy atom. The van der Waals surface area contributed by atoms with Crippen molar-refractivity contribution in [2.75, 3.05) is 51.9 Å². The number of halogens is 4. The third-order valence-corrected chi connectivity index (χ3v) is 8.39. The number of carbonyl (C=O) groups excluding carboxylic acids is 1. The number of nitrogens with zero attached hydrogens (tertiary/aromatic N) is 4. The van der Waals surface area contributed by atoms with E-state index < -0.39 is 29.3 Å². The number of pyridine rings is 1.